The summed E-state index contributed by atoms with van der Waals surface area (Å²) in [5.74, 6) is 0. The van der Waals surface area contributed by atoms with E-state index in [1.807, 2.05) is 0 Å². The summed E-state index contributed by atoms with van der Waals surface area (Å²) < 4.78 is 16.9. The van der Waals surface area contributed by atoms with Gasteiger partial charge in [-0.15, -0.1) is 0 Å². The first-order valence-electron chi connectivity index (χ1n) is 6.05. The highest BCUT2D eigenvalue weighted by molar-refractivity contribution is 5.04. The van der Waals surface area contributed by atoms with Crippen molar-refractivity contribution in [3.8, 4) is 0 Å². The van der Waals surface area contributed by atoms with E-state index in [0.717, 1.165) is 18.7 Å². The molecule has 1 rings (SSSR count). The van der Waals surface area contributed by atoms with Gasteiger partial charge in [0.15, 0.2) is 0 Å². The summed E-state index contributed by atoms with van der Waals surface area (Å²) in [6.07, 6.45) is 1.88. The molecular formula is C12H22N2O4. The molecule has 0 saturated heterocycles. The molecule has 1 atom stereocenters. The van der Waals surface area contributed by atoms with Gasteiger partial charge in [-0.3, -0.25) is 4.68 Å². The van der Waals surface area contributed by atoms with E-state index in [1.165, 1.54) is 0 Å². The lowest BCUT2D eigenvalue weighted by Crippen LogP contribution is -2.16. The normalized spacial score (nSPS) is 12.8. The van der Waals surface area contributed by atoms with Gasteiger partial charge in [0.05, 0.1) is 25.5 Å². The monoisotopic (exact) mass is 258 g/mol. The number of ether oxygens (including phenoxy) is 3. The first kappa shape index (κ1) is 15.1. The Bertz CT molecular complexity index is 317. The molecule has 6 nitrogen and oxygen atoms in total. The van der Waals surface area contributed by atoms with Crippen LogP contribution in [-0.4, -0.2) is 55.5 Å². The standard InChI is InChI=1S/C12H22N2O4/c1-16-7-3-6-14-11(4-5-13-14)12(15)10-18-9-8-17-2/h4-5,12,15H,3,6-10H2,1-2H3. The number of nitrogens with zero attached hydrogens (tertiary/aromatic N) is 2. The van der Waals surface area contributed by atoms with E-state index in [-0.39, 0.29) is 6.61 Å². The molecular weight excluding hydrogens is 236 g/mol. The minimum atomic E-state index is -0.660. The first-order valence-corrected chi connectivity index (χ1v) is 6.05. The van der Waals surface area contributed by atoms with Crippen molar-refractivity contribution in [1.82, 2.24) is 9.78 Å². The maximum atomic E-state index is 9.99. The van der Waals surface area contributed by atoms with Crippen LogP contribution in [0.25, 0.3) is 0 Å². The zero-order valence-corrected chi connectivity index (χ0v) is 11.0. The molecule has 0 aliphatic heterocycles. The molecule has 1 unspecified atom stereocenters. The van der Waals surface area contributed by atoms with Gasteiger partial charge in [-0.05, 0) is 12.5 Å². The lowest BCUT2D eigenvalue weighted by atomic mass is 10.2. The van der Waals surface area contributed by atoms with E-state index in [2.05, 4.69) is 5.10 Å². The van der Waals surface area contributed by atoms with Crippen LogP contribution >= 0.6 is 0 Å². The lowest BCUT2D eigenvalue weighted by Gasteiger charge is -2.13. The molecule has 0 aromatic carbocycles. The minimum absolute atomic E-state index is 0.249. The number of aryl methyl sites for hydroxylation is 1. The molecule has 0 radical (unpaired) electrons. The third kappa shape index (κ3) is 5.14. The second-order valence-corrected chi connectivity index (χ2v) is 3.91. The lowest BCUT2D eigenvalue weighted by molar-refractivity contribution is 0.00921. The van der Waals surface area contributed by atoms with Crippen LogP contribution in [0, 0.1) is 0 Å². The predicted molar refractivity (Wildman–Crippen MR) is 66.4 cm³/mol. The minimum Gasteiger partial charge on any atom is -0.385 e. The summed E-state index contributed by atoms with van der Waals surface area (Å²) in [7, 11) is 3.28. The number of aliphatic hydroxyl groups is 1. The molecule has 0 aliphatic rings. The number of aliphatic hydroxyl groups excluding tert-OH is 1. The molecule has 0 bridgehead atoms. The van der Waals surface area contributed by atoms with Crippen LogP contribution in [0.15, 0.2) is 12.3 Å². The van der Waals surface area contributed by atoms with Gasteiger partial charge in [-0.1, -0.05) is 0 Å². The van der Waals surface area contributed by atoms with Crippen LogP contribution in [0.4, 0.5) is 0 Å². The van der Waals surface area contributed by atoms with Crippen molar-refractivity contribution in [2.75, 3.05) is 40.6 Å². The maximum absolute atomic E-state index is 9.99. The van der Waals surface area contributed by atoms with Crippen molar-refractivity contribution in [2.45, 2.75) is 19.1 Å². The third-order valence-corrected chi connectivity index (χ3v) is 2.52. The van der Waals surface area contributed by atoms with Crippen molar-refractivity contribution < 1.29 is 19.3 Å². The summed E-state index contributed by atoms with van der Waals surface area (Å²) in [5.41, 5.74) is 0.767. The fraction of sp³-hybridized carbons (Fsp3) is 0.750. The maximum Gasteiger partial charge on any atom is 0.119 e. The number of aromatic nitrogens is 2. The van der Waals surface area contributed by atoms with Crippen LogP contribution in [0.1, 0.15) is 18.2 Å². The highest BCUT2D eigenvalue weighted by atomic mass is 16.5. The molecule has 0 aliphatic carbocycles. The Hall–Kier alpha value is -0.950. The second kappa shape index (κ2) is 9.04. The molecule has 0 saturated carbocycles. The first-order chi connectivity index (χ1) is 8.79. The fourth-order valence-electron chi connectivity index (χ4n) is 1.59. The zero-order chi connectivity index (χ0) is 13.2. The molecule has 18 heavy (non-hydrogen) atoms. The number of methoxy groups -OCH3 is 2. The molecule has 1 aromatic heterocycles. The Morgan fingerprint density at radius 2 is 2.06 bits per heavy atom. The Morgan fingerprint density at radius 1 is 1.28 bits per heavy atom. The van der Waals surface area contributed by atoms with Gasteiger partial charge in [0.25, 0.3) is 0 Å². The number of rotatable bonds is 10. The summed E-state index contributed by atoms with van der Waals surface area (Å²) >= 11 is 0. The van der Waals surface area contributed by atoms with Crippen LogP contribution in [0.2, 0.25) is 0 Å². The summed E-state index contributed by atoms with van der Waals surface area (Å²) in [6, 6.07) is 1.80. The van der Waals surface area contributed by atoms with E-state index in [4.69, 9.17) is 14.2 Å². The average molecular weight is 258 g/mol. The van der Waals surface area contributed by atoms with Gasteiger partial charge in [0.1, 0.15) is 6.10 Å². The average Bonchev–Trinajstić information content (AvgIpc) is 2.83. The SMILES string of the molecule is COCCCn1nccc1C(O)COCCOC. The van der Waals surface area contributed by atoms with Crippen LogP contribution < -0.4 is 0 Å². The fourth-order valence-corrected chi connectivity index (χ4v) is 1.59. The number of hydrogen-bond acceptors (Lipinski definition) is 5. The number of hydrogen-bond donors (Lipinski definition) is 1. The zero-order valence-electron chi connectivity index (χ0n) is 11.0. The van der Waals surface area contributed by atoms with E-state index < -0.39 is 6.10 Å². The Kier molecular flexibility index (Phi) is 7.59. The molecule has 1 aromatic rings. The Morgan fingerprint density at radius 3 is 2.78 bits per heavy atom. The molecule has 0 fully saturated rings. The third-order valence-electron chi connectivity index (χ3n) is 2.52. The van der Waals surface area contributed by atoms with Gasteiger partial charge in [-0.2, -0.15) is 5.10 Å². The molecule has 6 heteroatoms. The highest BCUT2D eigenvalue weighted by Crippen LogP contribution is 2.13. The molecule has 0 amide bonds. The summed E-state index contributed by atoms with van der Waals surface area (Å²) in [4.78, 5) is 0. The van der Waals surface area contributed by atoms with E-state index in [0.29, 0.717) is 19.8 Å². The molecule has 1 heterocycles. The van der Waals surface area contributed by atoms with Gasteiger partial charge in [-0.25, -0.2) is 0 Å². The predicted octanol–water partition coefficient (Wildman–Crippen LogP) is 0.616. The Labute approximate surface area is 107 Å². The van der Waals surface area contributed by atoms with Crippen molar-refractivity contribution >= 4 is 0 Å². The smallest absolute Gasteiger partial charge is 0.119 e. The van der Waals surface area contributed by atoms with Crippen molar-refractivity contribution in [3.05, 3.63) is 18.0 Å². The van der Waals surface area contributed by atoms with E-state index in [1.54, 1.807) is 31.2 Å². The van der Waals surface area contributed by atoms with Crippen molar-refractivity contribution in [1.29, 1.82) is 0 Å². The van der Waals surface area contributed by atoms with E-state index in [9.17, 15) is 5.11 Å². The van der Waals surface area contributed by atoms with Crippen LogP contribution in [0.3, 0.4) is 0 Å². The Balaban J connectivity index is 2.36. The van der Waals surface area contributed by atoms with Crippen LogP contribution in [-0.2, 0) is 20.8 Å². The van der Waals surface area contributed by atoms with Crippen molar-refractivity contribution in [3.63, 3.8) is 0 Å². The van der Waals surface area contributed by atoms with Gasteiger partial charge in [0.2, 0.25) is 0 Å². The largest absolute Gasteiger partial charge is 0.385 e. The second-order valence-electron chi connectivity index (χ2n) is 3.91. The topological polar surface area (TPSA) is 65.7 Å². The van der Waals surface area contributed by atoms with Gasteiger partial charge in [0, 0.05) is 33.6 Å². The molecule has 0 spiro atoms. The van der Waals surface area contributed by atoms with E-state index >= 15 is 0 Å². The van der Waals surface area contributed by atoms with Gasteiger partial charge >= 0.3 is 0 Å². The summed E-state index contributed by atoms with van der Waals surface area (Å²) in [5, 5.41) is 14.2. The van der Waals surface area contributed by atoms with Crippen molar-refractivity contribution in [2.24, 2.45) is 0 Å². The van der Waals surface area contributed by atoms with Crippen LogP contribution in [0.5, 0.6) is 0 Å². The highest BCUT2D eigenvalue weighted by Gasteiger charge is 2.13. The van der Waals surface area contributed by atoms with Gasteiger partial charge < -0.3 is 19.3 Å². The summed E-state index contributed by atoms with van der Waals surface area (Å²) in [6.45, 7) is 2.66. The molecule has 104 valence electrons. The quantitative estimate of drug-likeness (QED) is 0.623. The molecule has 1 N–H and O–H groups in total.